The van der Waals surface area contributed by atoms with Crippen molar-refractivity contribution < 1.29 is 4.79 Å². The van der Waals surface area contributed by atoms with Crippen molar-refractivity contribution in [2.24, 2.45) is 0 Å². The fraction of sp³-hybridized carbons (Fsp3) is 0.100. The maximum atomic E-state index is 10.5. The quantitative estimate of drug-likeness (QED) is 0.607. The summed E-state index contributed by atoms with van der Waals surface area (Å²) in [6.45, 7) is 1.93. The molecular formula is C10H8N2OS2. The van der Waals surface area contributed by atoms with Crippen LogP contribution in [-0.4, -0.2) is 16.3 Å². The molecule has 0 atom stereocenters. The molecule has 0 N–H and O–H groups in total. The topological polar surface area (TPSA) is 42.9 Å². The van der Waals surface area contributed by atoms with Crippen LogP contribution in [-0.2, 0) is 0 Å². The lowest BCUT2D eigenvalue weighted by Crippen LogP contribution is -1.86. The highest BCUT2D eigenvalue weighted by atomic mass is 32.2. The summed E-state index contributed by atoms with van der Waals surface area (Å²) < 4.78 is 0. The third-order valence-electron chi connectivity index (χ3n) is 1.69. The molecule has 15 heavy (non-hydrogen) atoms. The maximum Gasteiger partial charge on any atom is 0.192 e. The molecule has 76 valence electrons. The number of nitrogens with zero attached hydrogens (tertiary/aromatic N) is 2. The van der Waals surface area contributed by atoms with Crippen LogP contribution in [0.1, 0.15) is 15.4 Å². The fourth-order valence-corrected chi connectivity index (χ4v) is 2.71. The molecule has 0 amide bonds. The summed E-state index contributed by atoms with van der Waals surface area (Å²) in [6.07, 6.45) is 2.59. The van der Waals surface area contributed by atoms with E-state index in [4.69, 9.17) is 0 Å². The van der Waals surface area contributed by atoms with Crippen molar-refractivity contribution in [3.05, 3.63) is 34.3 Å². The van der Waals surface area contributed by atoms with Gasteiger partial charge in [0.05, 0.1) is 4.88 Å². The Morgan fingerprint density at radius 1 is 1.53 bits per heavy atom. The number of hydrogen-bond donors (Lipinski definition) is 0. The lowest BCUT2D eigenvalue weighted by Gasteiger charge is -1.96. The van der Waals surface area contributed by atoms with Crippen LogP contribution in [0.25, 0.3) is 0 Å². The van der Waals surface area contributed by atoms with Gasteiger partial charge in [0, 0.05) is 22.2 Å². The van der Waals surface area contributed by atoms with E-state index in [-0.39, 0.29) is 0 Å². The van der Waals surface area contributed by atoms with E-state index in [0.29, 0.717) is 5.16 Å². The number of thiophene rings is 1. The van der Waals surface area contributed by atoms with Gasteiger partial charge in [-0.25, -0.2) is 9.97 Å². The molecule has 2 rings (SSSR count). The zero-order chi connectivity index (χ0) is 10.7. The predicted octanol–water partition coefficient (Wildman–Crippen LogP) is 2.81. The molecule has 2 aromatic heterocycles. The van der Waals surface area contributed by atoms with Gasteiger partial charge < -0.3 is 0 Å². The third-order valence-corrected chi connectivity index (χ3v) is 3.55. The fourth-order valence-electron chi connectivity index (χ4n) is 1.03. The van der Waals surface area contributed by atoms with E-state index in [0.717, 1.165) is 21.8 Å². The minimum absolute atomic E-state index is 0.713. The Kier molecular flexibility index (Phi) is 3.13. The van der Waals surface area contributed by atoms with Gasteiger partial charge in [0.1, 0.15) is 0 Å². The smallest absolute Gasteiger partial charge is 0.192 e. The minimum Gasteiger partial charge on any atom is -0.297 e. The largest absolute Gasteiger partial charge is 0.297 e. The van der Waals surface area contributed by atoms with Crippen molar-refractivity contribution in [3.63, 3.8) is 0 Å². The zero-order valence-corrected chi connectivity index (χ0v) is 9.64. The second-order valence-electron chi connectivity index (χ2n) is 2.89. The van der Waals surface area contributed by atoms with Crippen molar-refractivity contribution in [2.45, 2.75) is 17.0 Å². The van der Waals surface area contributed by atoms with Gasteiger partial charge in [0.25, 0.3) is 0 Å². The average molecular weight is 236 g/mol. The molecule has 0 aliphatic heterocycles. The van der Waals surface area contributed by atoms with Crippen LogP contribution in [0.5, 0.6) is 0 Å². The first-order valence-corrected chi connectivity index (χ1v) is 5.99. The van der Waals surface area contributed by atoms with Gasteiger partial charge in [0.2, 0.25) is 0 Å². The number of carbonyl (C=O) groups is 1. The van der Waals surface area contributed by atoms with Crippen LogP contribution in [0.3, 0.4) is 0 Å². The lowest BCUT2D eigenvalue weighted by atomic mass is 10.5. The average Bonchev–Trinajstić information content (AvgIpc) is 2.65. The van der Waals surface area contributed by atoms with Gasteiger partial charge in [-0.15, -0.1) is 11.3 Å². The summed E-state index contributed by atoms with van der Waals surface area (Å²) in [4.78, 5) is 20.6. The highest BCUT2D eigenvalue weighted by molar-refractivity contribution is 7.99. The van der Waals surface area contributed by atoms with Crippen molar-refractivity contribution >= 4 is 29.4 Å². The Labute approximate surface area is 95.6 Å². The van der Waals surface area contributed by atoms with Crippen LogP contribution in [0, 0.1) is 6.92 Å². The van der Waals surface area contributed by atoms with E-state index >= 15 is 0 Å². The Morgan fingerprint density at radius 2 is 2.40 bits per heavy atom. The number of rotatable bonds is 3. The zero-order valence-electron chi connectivity index (χ0n) is 8.01. The summed E-state index contributed by atoms with van der Waals surface area (Å²) in [6, 6.07) is 3.70. The van der Waals surface area contributed by atoms with Crippen LogP contribution in [0.2, 0.25) is 0 Å². The lowest BCUT2D eigenvalue weighted by molar-refractivity contribution is 0.112. The molecule has 0 radical (unpaired) electrons. The number of aromatic nitrogens is 2. The van der Waals surface area contributed by atoms with Crippen molar-refractivity contribution in [1.29, 1.82) is 0 Å². The van der Waals surface area contributed by atoms with Crippen LogP contribution in [0.15, 0.2) is 33.8 Å². The number of aldehydes is 1. The minimum atomic E-state index is 0.713. The van der Waals surface area contributed by atoms with E-state index in [1.807, 2.05) is 24.4 Å². The third kappa shape index (κ3) is 2.64. The van der Waals surface area contributed by atoms with Crippen molar-refractivity contribution in [2.75, 3.05) is 0 Å². The molecule has 0 fully saturated rings. The molecule has 0 aromatic carbocycles. The first-order valence-electron chi connectivity index (χ1n) is 4.29. The molecule has 0 saturated heterocycles. The van der Waals surface area contributed by atoms with Gasteiger partial charge in [0.15, 0.2) is 11.4 Å². The van der Waals surface area contributed by atoms with Gasteiger partial charge in [-0.1, -0.05) is 0 Å². The van der Waals surface area contributed by atoms with Crippen molar-refractivity contribution in [3.8, 4) is 0 Å². The molecule has 0 unspecified atom stereocenters. The SMILES string of the molecule is Cc1ccnc(Sc2csc(C=O)c2)n1. The van der Waals surface area contributed by atoms with Crippen LogP contribution >= 0.6 is 23.1 Å². The first-order chi connectivity index (χ1) is 7.28. The summed E-state index contributed by atoms with van der Waals surface area (Å²) in [7, 11) is 0. The number of carbonyl (C=O) groups excluding carboxylic acids is 1. The highest BCUT2D eigenvalue weighted by Crippen LogP contribution is 2.28. The Bertz CT molecular complexity index is 482. The molecule has 2 aromatic rings. The monoisotopic (exact) mass is 236 g/mol. The Morgan fingerprint density at radius 3 is 3.07 bits per heavy atom. The summed E-state index contributed by atoms with van der Waals surface area (Å²) in [5.41, 5.74) is 0.943. The maximum absolute atomic E-state index is 10.5. The van der Waals surface area contributed by atoms with E-state index < -0.39 is 0 Å². The number of aryl methyl sites for hydroxylation is 1. The second-order valence-corrected chi connectivity index (χ2v) is 4.87. The first kappa shape index (κ1) is 10.3. The Hall–Kier alpha value is -1.20. The molecule has 2 heterocycles. The molecule has 0 bridgehead atoms. The van der Waals surface area contributed by atoms with Gasteiger partial charge in [-0.2, -0.15) is 0 Å². The standard InChI is InChI=1S/C10H8N2OS2/c1-7-2-3-11-10(12-7)15-9-4-8(5-13)14-6-9/h2-6H,1H3. The summed E-state index contributed by atoms with van der Waals surface area (Å²) in [5, 5.41) is 2.64. The van der Waals surface area contributed by atoms with Crippen LogP contribution < -0.4 is 0 Å². The second kappa shape index (κ2) is 4.55. The summed E-state index contributed by atoms with van der Waals surface area (Å²) >= 11 is 2.90. The molecule has 0 spiro atoms. The number of hydrogen-bond acceptors (Lipinski definition) is 5. The summed E-state index contributed by atoms with van der Waals surface area (Å²) in [5.74, 6) is 0. The Balaban J connectivity index is 2.18. The molecule has 3 nitrogen and oxygen atoms in total. The molecule has 0 saturated carbocycles. The van der Waals surface area contributed by atoms with Crippen LogP contribution in [0.4, 0.5) is 0 Å². The van der Waals surface area contributed by atoms with Gasteiger partial charge >= 0.3 is 0 Å². The normalized spacial score (nSPS) is 10.2. The van der Waals surface area contributed by atoms with Crippen molar-refractivity contribution in [1.82, 2.24) is 9.97 Å². The van der Waals surface area contributed by atoms with Gasteiger partial charge in [-0.05, 0) is 30.8 Å². The van der Waals surface area contributed by atoms with Gasteiger partial charge in [-0.3, -0.25) is 4.79 Å². The van der Waals surface area contributed by atoms with E-state index in [1.54, 1.807) is 6.20 Å². The molecule has 5 heteroatoms. The molecule has 0 aliphatic carbocycles. The predicted molar refractivity (Wildman–Crippen MR) is 60.6 cm³/mol. The van der Waals surface area contributed by atoms with E-state index in [9.17, 15) is 4.79 Å². The molecule has 0 aliphatic rings. The highest BCUT2D eigenvalue weighted by Gasteiger charge is 2.03. The van der Waals surface area contributed by atoms with E-state index in [2.05, 4.69) is 9.97 Å². The molecular weight excluding hydrogens is 228 g/mol. The van der Waals surface area contributed by atoms with E-state index in [1.165, 1.54) is 23.1 Å².